The number of anilines is 1. The van der Waals surface area contributed by atoms with E-state index in [2.05, 4.69) is 0 Å². The SMILES string of the molecule is CC(=O)c1ccc(N(O)C=c2ccc(=C[N+](=O)c3ccc(C(C)=O)cc3)s2)cc1. The quantitative estimate of drug-likeness (QED) is 0.384. The Balaban J connectivity index is 1.79. The van der Waals surface area contributed by atoms with Crippen molar-refractivity contribution in [1.82, 2.24) is 0 Å². The van der Waals surface area contributed by atoms with Crippen molar-refractivity contribution in [2.45, 2.75) is 13.8 Å². The van der Waals surface area contributed by atoms with Crippen molar-refractivity contribution in [1.29, 1.82) is 0 Å². The topological polar surface area (TPSA) is 77.7 Å². The van der Waals surface area contributed by atoms with Gasteiger partial charge in [0, 0.05) is 32.7 Å². The van der Waals surface area contributed by atoms with Crippen LogP contribution >= 0.6 is 11.3 Å². The maximum absolute atomic E-state index is 12.3. The van der Waals surface area contributed by atoms with Crippen LogP contribution in [0.25, 0.3) is 12.4 Å². The van der Waals surface area contributed by atoms with Gasteiger partial charge in [0.15, 0.2) is 11.6 Å². The molecule has 0 fully saturated rings. The summed E-state index contributed by atoms with van der Waals surface area (Å²) in [6.45, 7) is 2.96. The summed E-state index contributed by atoms with van der Waals surface area (Å²) in [5.74, 6) is -0.0949. The van der Waals surface area contributed by atoms with Gasteiger partial charge in [-0.2, -0.15) is 0 Å². The Bertz CT molecular complexity index is 1180. The van der Waals surface area contributed by atoms with Gasteiger partial charge in [-0.3, -0.25) is 14.8 Å². The number of thiophene rings is 1. The summed E-state index contributed by atoms with van der Waals surface area (Å²) >= 11 is 1.33. The lowest BCUT2D eigenvalue weighted by Crippen LogP contribution is -2.13. The van der Waals surface area contributed by atoms with Gasteiger partial charge in [0.05, 0.1) is 21.2 Å². The number of benzene rings is 2. The van der Waals surface area contributed by atoms with Gasteiger partial charge >= 0.3 is 0 Å². The predicted octanol–water partition coefficient (Wildman–Crippen LogP) is 3.64. The van der Waals surface area contributed by atoms with Crippen molar-refractivity contribution >= 4 is 46.7 Å². The molecule has 0 unspecified atom stereocenters. The monoisotopic (exact) mass is 407 g/mol. The van der Waals surface area contributed by atoms with Gasteiger partial charge in [-0.1, -0.05) is 0 Å². The normalized spacial score (nSPS) is 12.1. The Labute approximate surface area is 171 Å². The van der Waals surface area contributed by atoms with Crippen LogP contribution in [-0.2, 0) is 0 Å². The number of rotatable bonds is 6. The van der Waals surface area contributed by atoms with E-state index in [0.717, 1.165) is 14.4 Å². The highest BCUT2D eigenvalue weighted by Gasteiger charge is 2.11. The lowest BCUT2D eigenvalue weighted by atomic mass is 10.1. The molecule has 0 aliphatic rings. The average molecular weight is 407 g/mol. The molecule has 7 heteroatoms. The zero-order valence-electron chi connectivity index (χ0n) is 15.9. The molecule has 6 nitrogen and oxygen atoms in total. The fourth-order valence-corrected chi connectivity index (χ4v) is 3.43. The van der Waals surface area contributed by atoms with Crippen LogP contribution in [0.4, 0.5) is 11.4 Å². The second-order valence-corrected chi connectivity index (χ2v) is 7.52. The summed E-state index contributed by atoms with van der Waals surface area (Å²) in [7, 11) is 0. The van der Waals surface area contributed by atoms with Gasteiger partial charge in [0.2, 0.25) is 6.20 Å². The molecule has 0 amide bonds. The van der Waals surface area contributed by atoms with Crippen LogP contribution in [0.5, 0.6) is 0 Å². The van der Waals surface area contributed by atoms with Crippen LogP contribution in [0.1, 0.15) is 34.6 Å². The molecule has 2 aromatic carbocycles. The maximum atomic E-state index is 12.3. The van der Waals surface area contributed by atoms with Crippen LogP contribution in [0.2, 0.25) is 0 Å². The zero-order valence-corrected chi connectivity index (χ0v) is 16.7. The number of Topliss-reactive ketones (excluding diaryl/α,β-unsaturated/α-hetero) is 2. The molecule has 29 heavy (non-hydrogen) atoms. The fourth-order valence-electron chi connectivity index (χ4n) is 2.58. The summed E-state index contributed by atoms with van der Waals surface area (Å²) in [4.78, 5) is 35.0. The highest BCUT2D eigenvalue weighted by Crippen LogP contribution is 2.15. The predicted molar refractivity (Wildman–Crippen MR) is 113 cm³/mol. The molecule has 1 N–H and O–H groups in total. The minimum Gasteiger partial charge on any atom is -0.295 e. The van der Waals surface area contributed by atoms with E-state index in [9.17, 15) is 19.7 Å². The molecule has 0 bridgehead atoms. The molecule has 0 aliphatic heterocycles. The van der Waals surface area contributed by atoms with Crippen molar-refractivity contribution in [3.8, 4) is 0 Å². The summed E-state index contributed by atoms with van der Waals surface area (Å²) in [5.41, 5.74) is 2.06. The molecule has 0 aliphatic carbocycles. The molecule has 3 rings (SSSR count). The summed E-state index contributed by atoms with van der Waals surface area (Å²) < 4.78 is 2.19. The number of ketones is 2. The smallest absolute Gasteiger partial charge is 0.262 e. The lowest BCUT2D eigenvalue weighted by molar-refractivity contribution is -0.345. The van der Waals surface area contributed by atoms with E-state index in [-0.39, 0.29) is 11.6 Å². The molecule has 0 saturated carbocycles. The van der Waals surface area contributed by atoms with Crippen LogP contribution in [-0.4, -0.2) is 21.5 Å². The molecule has 0 spiro atoms. The van der Waals surface area contributed by atoms with Crippen LogP contribution in [0.3, 0.4) is 0 Å². The molecular weight excluding hydrogens is 388 g/mol. The van der Waals surface area contributed by atoms with Crippen molar-refractivity contribution < 1.29 is 19.6 Å². The maximum Gasteiger partial charge on any atom is 0.262 e. The van der Waals surface area contributed by atoms with E-state index >= 15 is 0 Å². The summed E-state index contributed by atoms with van der Waals surface area (Å²) in [6.07, 6.45) is 2.97. The minimum absolute atomic E-state index is 0.0402. The average Bonchev–Trinajstić information content (AvgIpc) is 3.14. The van der Waals surface area contributed by atoms with Crippen LogP contribution in [0.15, 0.2) is 60.7 Å². The molecule has 0 saturated heterocycles. The standard InChI is InChI=1S/C22H19N2O4S/c1-15(25)17-3-7-19(8-4-17)23(27)13-21-11-12-22(29-21)14-24(28)20-9-5-18(6-10-20)16(2)26/h3-14,27H,1-2H3/q+1. The Morgan fingerprint density at radius 3 is 1.93 bits per heavy atom. The first kappa shape index (κ1) is 20.3. The van der Waals surface area contributed by atoms with Gasteiger partial charge in [0.25, 0.3) is 5.69 Å². The van der Waals surface area contributed by atoms with Crippen molar-refractivity contribution in [2.75, 3.05) is 5.06 Å². The third-order valence-electron chi connectivity index (χ3n) is 4.21. The molecule has 0 radical (unpaired) electrons. The second-order valence-electron chi connectivity index (χ2n) is 6.37. The number of carbonyl (C=O) groups is 2. The van der Waals surface area contributed by atoms with E-state index in [0.29, 0.717) is 27.0 Å². The molecule has 146 valence electrons. The number of carbonyl (C=O) groups excluding carboxylic acids is 2. The van der Waals surface area contributed by atoms with E-state index in [1.54, 1.807) is 60.7 Å². The fraction of sp³-hybridized carbons (Fsp3) is 0.0909. The number of hydrogen-bond donors (Lipinski definition) is 1. The summed E-state index contributed by atoms with van der Waals surface area (Å²) in [6, 6.07) is 16.6. The van der Waals surface area contributed by atoms with E-state index < -0.39 is 0 Å². The van der Waals surface area contributed by atoms with Crippen LogP contribution < -0.4 is 14.1 Å². The Kier molecular flexibility index (Phi) is 6.11. The third kappa shape index (κ3) is 5.10. The molecule has 1 heterocycles. The van der Waals surface area contributed by atoms with E-state index in [4.69, 9.17) is 0 Å². The Morgan fingerprint density at radius 2 is 1.38 bits per heavy atom. The van der Waals surface area contributed by atoms with Crippen LogP contribution in [0, 0.1) is 4.91 Å². The van der Waals surface area contributed by atoms with E-state index in [1.807, 2.05) is 0 Å². The van der Waals surface area contributed by atoms with Gasteiger partial charge < -0.3 is 0 Å². The molecular formula is C22H19N2O4S+. The van der Waals surface area contributed by atoms with Gasteiger partial charge in [-0.15, -0.1) is 11.3 Å². The Hall–Kier alpha value is -3.42. The molecule has 3 aromatic rings. The molecule has 0 atom stereocenters. The number of hydroxylamine groups is 1. The lowest BCUT2D eigenvalue weighted by Gasteiger charge is -2.11. The largest absolute Gasteiger partial charge is 0.295 e. The zero-order chi connectivity index (χ0) is 21.0. The number of nitroso groups, excluding NO2 is 1. The van der Waals surface area contributed by atoms with Crippen molar-refractivity contribution in [2.24, 2.45) is 0 Å². The van der Waals surface area contributed by atoms with Gasteiger partial charge in [0.1, 0.15) is 0 Å². The highest BCUT2D eigenvalue weighted by molar-refractivity contribution is 7.07. The first-order valence-corrected chi connectivity index (χ1v) is 9.61. The minimum atomic E-state index is -0.0547. The van der Waals surface area contributed by atoms with Crippen molar-refractivity contribution in [3.05, 3.63) is 85.8 Å². The summed E-state index contributed by atoms with van der Waals surface area (Å²) in [5, 5.41) is 11.2. The first-order chi connectivity index (χ1) is 13.8. The number of nitrogens with zero attached hydrogens (tertiary/aromatic N) is 2. The van der Waals surface area contributed by atoms with Gasteiger partial charge in [-0.05, 0) is 62.4 Å². The molecule has 1 aromatic heterocycles. The highest BCUT2D eigenvalue weighted by atomic mass is 32.1. The Morgan fingerprint density at radius 1 is 0.862 bits per heavy atom. The number of hydrogen-bond acceptors (Lipinski definition) is 6. The van der Waals surface area contributed by atoms with E-state index in [1.165, 1.54) is 37.6 Å². The van der Waals surface area contributed by atoms with Crippen molar-refractivity contribution in [3.63, 3.8) is 0 Å². The second kappa shape index (κ2) is 8.72. The van der Waals surface area contributed by atoms with Gasteiger partial charge in [-0.25, -0.2) is 5.06 Å². The first-order valence-electron chi connectivity index (χ1n) is 8.79. The third-order valence-corrected chi connectivity index (χ3v) is 5.16.